The minimum atomic E-state index is -1.01. The van der Waals surface area contributed by atoms with Gasteiger partial charge in [0, 0.05) is 18.0 Å². The summed E-state index contributed by atoms with van der Waals surface area (Å²) in [6, 6.07) is 3.15. The molecule has 0 aliphatic heterocycles. The van der Waals surface area contributed by atoms with Crippen LogP contribution in [0.3, 0.4) is 0 Å². The first-order chi connectivity index (χ1) is 9.11. The number of rotatable bonds is 4. The lowest BCUT2D eigenvalue weighted by Crippen LogP contribution is -2.31. The van der Waals surface area contributed by atoms with Crippen LogP contribution in [0.2, 0.25) is 0 Å². The Morgan fingerprint density at radius 2 is 2.00 bits per heavy atom. The number of hydrogen-bond donors (Lipinski definition) is 1. The van der Waals surface area contributed by atoms with Crippen molar-refractivity contribution >= 4 is 17.5 Å². The number of carbonyl (C=O) groups excluding carboxylic acids is 1. The third-order valence-corrected chi connectivity index (χ3v) is 4.12. The second-order valence-electron chi connectivity index (χ2n) is 4.94. The summed E-state index contributed by atoms with van der Waals surface area (Å²) in [6.45, 7) is 0.537. The van der Waals surface area contributed by atoms with Gasteiger partial charge in [-0.3, -0.25) is 4.79 Å². The summed E-state index contributed by atoms with van der Waals surface area (Å²) in [4.78, 5) is 11.8. The summed E-state index contributed by atoms with van der Waals surface area (Å²) in [7, 11) is 0. The SMILES string of the molecule is O=C(NCC1CCCC1CCl)c1ccc(F)c(F)c1. The van der Waals surface area contributed by atoms with Crippen LogP contribution >= 0.6 is 11.6 Å². The van der Waals surface area contributed by atoms with Crippen molar-refractivity contribution in [1.82, 2.24) is 5.32 Å². The molecule has 0 aromatic heterocycles. The summed E-state index contributed by atoms with van der Waals surface area (Å²) < 4.78 is 25.8. The number of benzene rings is 1. The molecule has 0 radical (unpaired) electrons. The fourth-order valence-electron chi connectivity index (χ4n) is 2.55. The summed E-state index contributed by atoms with van der Waals surface area (Å²) in [5, 5.41) is 2.77. The molecule has 0 spiro atoms. The van der Waals surface area contributed by atoms with E-state index in [4.69, 9.17) is 11.6 Å². The van der Waals surface area contributed by atoms with Gasteiger partial charge in [-0.15, -0.1) is 11.6 Å². The first-order valence-electron chi connectivity index (χ1n) is 6.41. The Bertz CT molecular complexity index is 467. The smallest absolute Gasteiger partial charge is 0.251 e. The van der Waals surface area contributed by atoms with Crippen molar-refractivity contribution in [3.63, 3.8) is 0 Å². The molecule has 2 unspecified atom stereocenters. The first kappa shape index (κ1) is 14.3. The highest BCUT2D eigenvalue weighted by Gasteiger charge is 2.26. The van der Waals surface area contributed by atoms with Crippen molar-refractivity contribution < 1.29 is 13.6 Å². The van der Waals surface area contributed by atoms with Crippen molar-refractivity contribution in [2.24, 2.45) is 11.8 Å². The maximum Gasteiger partial charge on any atom is 0.251 e. The molecule has 2 rings (SSSR count). The van der Waals surface area contributed by atoms with Gasteiger partial charge in [0.25, 0.3) is 5.91 Å². The zero-order chi connectivity index (χ0) is 13.8. The van der Waals surface area contributed by atoms with Crippen LogP contribution in [0.15, 0.2) is 18.2 Å². The van der Waals surface area contributed by atoms with Gasteiger partial charge in [-0.1, -0.05) is 6.42 Å². The van der Waals surface area contributed by atoms with Crippen LogP contribution < -0.4 is 5.32 Å². The maximum atomic E-state index is 13.0. The van der Waals surface area contributed by atoms with Crippen molar-refractivity contribution in [2.75, 3.05) is 12.4 Å². The lowest BCUT2D eigenvalue weighted by atomic mass is 9.98. The highest BCUT2D eigenvalue weighted by atomic mass is 35.5. The monoisotopic (exact) mass is 287 g/mol. The van der Waals surface area contributed by atoms with Crippen LogP contribution in [0.1, 0.15) is 29.6 Å². The standard InChI is InChI=1S/C14H16ClF2NO/c15-7-10-2-1-3-11(10)8-18-14(19)9-4-5-12(16)13(17)6-9/h4-6,10-11H,1-3,7-8H2,(H,18,19). The van der Waals surface area contributed by atoms with E-state index in [1.165, 1.54) is 6.07 Å². The van der Waals surface area contributed by atoms with Gasteiger partial charge in [0.05, 0.1) is 0 Å². The van der Waals surface area contributed by atoms with Crippen LogP contribution in [0.4, 0.5) is 8.78 Å². The van der Waals surface area contributed by atoms with E-state index in [0.29, 0.717) is 24.3 Å². The molecule has 0 bridgehead atoms. The molecule has 1 aliphatic rings. The van der Waals surface area contributed by atoms with Crippen molar-refractivity contribution in [3.05, 3.63) is 35.4 Å². The van der Waals surface area contributed by atoms with Gasteiger partial charge in [-0.2, -0.15) is 0 Å². The summed E-state index contributed by atoms with van der Waals surface area (Å²) in [5.74, 6) is -0.911. The molecule has 1 aromatic rings. The predicted molar refractivity (Wildman–Crippen MR) is 70.2 cm³/mol. The van der Waals surface area contributed by atoms with Gasteiger partial charge in [-0.25, -0.2) is 8.78 Å². The summed E-state index contributed by atoms with van der Waals surface area (Å²) in [5.41, 5.74) is 0.138. The molecule has 1 saturated carbocycles. The topological polar surface area (TPSA) is 29.1 Å². The van der Waals surface area contributed by atoms with E-state index in [1.807, 2.05) is 0 Å². The third-order valence-electron chi connectivity index (χ3n) is 3.72. The van der Waals surface area contributed by atoms with E-state index in [9.17, 15) is 13.6 Å². The zero-order valence-electron chi connectivity index (χ0n) is 10.5. The van der Waals surface area contributed by atoms with Gasteiger partial charge in [0.1, 0.15) is 0 Å². The van der Waals surface area contributed by atoms with Crippen LogP contribution in [-0.2, 0) is 0 Å². The molecular formula is C14H16ClF2NO. The molecule has 19 heavy (non-hydrogen) atoms. The molecule has 1 aromatic carbocycles. The fourth-order valence-corrected chi connectivity index (χ4v) is 2.96. The van der Waals surface area contributed by atoms with Crippen LogP contribution in [0.5, 0.6) is 0 Å². The molecule has 1 N–H and O–H groups in total. The Balaban J connectivity index is 1.92. The van der Waals surface area contributed by atoms with Gasteiger partial charge in [-0.05, 0) is 42.9 Å². The Kier molecular flexibility index (Phi) is 4.75. The average molecular weight is 288 g/mol. The quantitative estimate of drug-likeness (QED) is 0.846. The number of amides is 1. The Morgan fingerprint density at radius 3 is 2.68 bits per heavy atom. The van der Waals surface area contributed by atoms with Gasteiger partial charge in [0.2, 0.25) is 0 Å². The largest absolute Gasteiger partial charge is 0.352 e. The van der Waals surface area contributed by atoms with E-state index in [-0.39, 0.29) is 11.5 Å². The van der Waals surface area contributed by atoms with E-state index >= 15 is 0 Å². The van der Waals surface area contributed by atoms with Crippen LogP contribution in [0.25, 0.3) is 0 Å². The molecule has 1 amide bonds. The highest BCUT2D eigenvalue weighted by molar-refractivity contribution is 6.18. The molecule has 0 heterocycles. The zero-order valence-corrected chi connectivity index (χ0v) is 11.2. The molecule has 1 fully saturated rings. The highest BCUT2D eigenvalue weighted by Crippen LogP contribution is 2.31. The second kappa shape index (κ2) is 6.33. The number of hydrogen-bond acceptors (Lipinski definition) is 1. The number of carbonyl (C=O) groups is 1. The number of alkyl halides is 1. The molecule has 1 aliphatic carbocycles. The van der Waals surface area contributed by atoms with Gasteiger partial charge < -0.3 is 5.32 Å². The minimum absolute atomic E-state index is 0.138. The van der Waals surface area contributed by atoms with E-state index < -0.39 is 11.6 Å². The molecule has 0 saturated heterocycles. The second-order valence-corrected chi connectivity index (χ2v) is 5.25. The molecular weight excluding hydrogens is 272 g/mol. The lowest BCUT2D eigenvalue weighted by Gasteiger charge is -2.17. The molecule has 2 atom stereocenters. The first-order valence-corrected chi connectivity index (χ1v) is 6.94. The van der Waals surface area contributed by atoms with E-state index in [2.05, 4.69) is 5.32 Å². The molecule has 2 nitrogen and oxygen atoms in total. The summed E-state index contributed by atoms with van der Waals surface area (Å²) >= 11 is 5.87. The molecule has 104 valence electrons. The summed E-state index contributed by atoms with van der Waals surface area (Å²) in [6.07, 6.45) is 3.27. The average Bonchev–Trinajstić information content (AvgIpc) is 2.86. The normalized spacial score (nSPS) is 22.5. The van der Waals surface area contributed by atoms with Crippen molar-refractivity contribution in [3.8, 4) is 0 Å². The fraction of sp³-hybridized carbons (Fsp3) is 0.500. The predicted octanol–water partition coefficient (Wildman–Crippen LogP) is 3.35. The van der Waals surface area contributed by atoms with Crippen molar-refractivity contribution in [1.29, 1.82) is 0 Å². The number of nitrogens with one attached hydrogen (secondary N) is 1. The maximum absolute atomic E-state index is 13.0. The Morgan fingerprint density at radius 1 is 1.26 bits per heavy atom. The van der Waals surface area contributed by atoms with Crippen LogP contribution in [0, 0.1) is 23.5 Å². The Labute approximate surface area is 116 Å². The van der Waals surface area contributed by atoms with Gasteiger partial charge >= 0.3 is 0 Å². The van der Waals surface area contributed by atoms with E-state index in [0.717, 1.165) is 31.4 Å². The molecule has 5 heteroatoms. The Hall–Kier alpha value is -1.16. The minimum Gasteiger partial charge on any atom is -0.352 e. The number of halogens is 3. The third kappa shape index (κ3) is 3.44. The van der Waals surface area contributed by atoms with E-state index in [1.54, 1.807) is 0 Å². The lowest BCUT2D eigenvalue weighted by molar-refractivity contribution is 0.0944. The van der Waals surface area contributed by atoms with Crippen molar-refractivity contribution in [2.45, 2.75) is 19.3 Å². The van der Waals surface area contributed by atoms with Gasteiger partial charge in [0.15, 0.2) is 11.6 Å². The van der Waals surface area contributed by atoms with Crippen LogP contribution in [-0.4, -0.2) is 18.3 Å².